The van der Waals surface area contributed by atoms with E-state index in [2.05, 4.69) is 27.1 Å². The second kappa shape index (κ2) is 4.57. The minimum absolute atomic E-state index is 0.150. The smallest absolute Gasteiger partial charge is 0.154 e. The number of allylic oxidation sites excluding steroid dienone is 2. The number of rotatable bonds is 4. The SMILES string of the molecule is C=CCC1(CO)C(CO)=C([Si])C(=O)C1[Si]. The van der Waals surface area contributed by atoms with Crippen LogP contribution in [0.25, 0.3) is 0 Å². The Labute approximate surface area is 95.7 Å². The highest BCUT2D eigenvalue weighted by Gasteiger charge is 2.48. The number of ketones is 1. The van der Waals surface area contributed by atoms with Crippen molar-refractivity contribution in [3.05, 3.63) is 23.4 Å². The molecule has 78 valence electrons. The second-order valence-electron chi connectivity index (χ2n) is 3.62. The molecule has 0 spiro atoms. The fourth-order valence-corrected chi connectivity index (χ4v) is 3.10. The zero-order valence-electron chi connectivity index (χ0n) is 8.29. The van der Waals surface area contributed by atoms with Crippen LogP contribution >= 0.6 is 0 Å². The van der Waals surface area contributed by atoms with Crippen LogP contribution < -0.4 is 0 Å². The molecule has 6 radical (unpaired) electrons. The van der Waals surface area contributed by atoms with Crippen LogP contribution in [0.2, 0.25) is 5.54 Å². The lowest BCUT2D eigenvalue weighted by Gasteiger charge is -2.32. The summed E-state index contributed by atoms with van der Waals surface area (Å²) in [5, 5.41) is 19.1. The largest absolute Gasteiger partial charge is 0.395 e. The van der Waals surface area contributed by atoms with Crippen LogP contribution in [0.5, 0.6) is 0 Å². The second-order valence-corrected chi connectivity index (χ2v) is 4.69. The predicted octanol–water partition coefficient (Wildman–Crippen LogP) is -0.504. The van der Waals surface area contributed by atoms with Crippen LogP contribution in [0.4, 0.5) is 0 Å². The molecule has 0 aliphatic heterocycles. The van der Waals surface area contributed by atoms with Gasteiger partial charge in [0.05, 0.1) is 23.5 Å². The molecular formula is C10H12O3Si2. The summed E-state index contributed by atoms with van der Waals surface area (Å²) in [6.07, 6.45) is 2.07. The van der Waals surface area contributed by atoms with Gasteiger partial charge in [-0.1, -0.05) is 6.08 Å². The zero-order valence-corrected chi connectivity index (χ0v) is 10.3. The summed E-state index contributed by atoms with van der Waals surface area (Å²) < 4.78 is 0. The van der Waals surface area contributed by atoms with Crippen LogP contribution in [0.15, 0.2) is 23.4 Å². The summed E-state index contributed by atoms with van der Waals surface area (Å²) in [6, 6.07) is 0. The lowest BCUT2D eigenvalue weighted by atomic mass is 9.78. The number of hydrogen-bond donors (Lipinski definition) is 2. The monoisotopic (exact) mass is 236 g/mol. The van der Waals surface area contributed by atoms with E-state index in [0.717, 1.165) is 0 Å². The van der Waals surface area contributed by atoms with Crippen molar-refractivity contribution in [2.45, 2.75) is 12.0 Å². The van der Waals surface area contributed by atoms with E-state index in [9.17, 15) is 15.0 Å². The number of aliphatic hydroxyl groups is 2. The molecule has 0 fully saturated rings. The van der Waals surface area contributed by atoms with Crippen molar-refractivity contribution in [3.63, 3.8) is 0 Å². The quantitative estimate of drug-likeness (QED) is 0.511. The van der Waals surface area contributed by atoms with Crippen LogP contribution in [0.1, 0.15) is 6.42 Å². The molecule has 0 bridgehead atoms. The van der Waals surface area contributed by atoms with Gasteiger partial charge in [-0.05, 0) is 17.2 Å². The molecule has 0 saturated carbocycles. The molecule has 0 aromatic carbocycles. The first-order chi connectivity index (χ1) is 7.05. The molecule has 0 aromatic rings. The third kappa shape index (κ3) is 1.69. The standard InChI is InChI=1S/C10H12O3Si2/c1-2-3-10(5-12)6(4-11)8(14)7(13)9(10)15/h2,9,11-12H,1,3-5H2. The van der Waals surface area contributed by atoms with Crippen molar-refractivity contribution >= 4 is 26.3 Å². The average Bonchev–Trinajstić information content (AvgIpc) is 2.42. The summed E-state index contributed by atoms with van der Waals surface area (Å²) in [7, 11) is 6.53. The highest BCUT2D eigenvalue weighted by atomic mass is 28.1. The molecule has 3 nitrogen and oxygen atoms in total. The van der Waals surface area contributed by atoms with Crippen LogP contribution in [-0.2, 0) is 4.79 Å². The van der Waals surface area contributed by atoms with Gasteiger partial charge in [0.15, 0.2) is 5.78 Å². The molecular weight excluding hydrogens is 224 g/mol. The van der Waals surface area contributed by atoms with Gasteiger partial charge in [-0.25, -0.2) is 0 Å². The minimum atomic E-state index is -0.762. The van der Waals surface area contributed by atoms with Gasteiger partial charge >= 0.3 is 0 Å². The lowest BCUT2D eigenvalue weighted by Crippen LogP contribution is -2.32. The summed E-state index contributed by atoms with van der Waals surface area (Å²) in [6.45, 7) is 3.15. The third-order valence-corrected chi connectivity index (χ3v) is 4.28. The molecule has 0 saturated heterocycles. The Bertz CT molecular complexity index is 325. The van der Waals surface area contributed by atoms with E-state index in [0.29, 0.717) is 17.2 Å². The average molecular weight is 236 g/mol. The van der Waals surface area contributed by atoms with Gasteiger partial charge in [0.1, 0.15) is 0 Å². The molecule has 1 rings (SSSR count). The summed E-state index contributed by atoms with van der Waals surface area (Å²) in [5.74, 6) is -0.150. The molecule has 5 heteroatoms. The van der Waals surface area contributed by atoms with E-state index in [1.165, 1.54) is 0 Å². The Morgan fingerprint density at radius 3 is 2.53 bits per heavy atom. The van der Waals surface area contributed by atoms with Gasteiger partial charge in [0.25, 0.3) is 0 Å². The number of Topliss-reactive ketones (excluding diaryl/α,β-unsaturated/α-hetero) is 1. The van der Waals surface area contributed by atoms with Gasteiger partial charge in [-0.15, -0.1) is 6.58 Å². The van der Waals surface area contributed by atoms with Crippen molar-refractivity contribution in [2.75, 3.05) is 13.2 Å². The number of carbonyl (C=O) groups is 1. The highest BCUT2D eigenvalue weighted by molar-refractivity contribution is 6.45. The van der Waals surface area contributed by atoms with Crippen molar-refractivity contribution in [3.8, 4) is 0 Å². The number of carbonyl (C=O) groups excluding carboxylic acids is 1. The van der Waals surface area contributed by atoms with E-state index in [1.54, 1.807) is 6.08 Å². The fraction of sp³-hybridized carbons (Fsp3) is 0.500. The Kier molecular flexibility index (Phi) is 3.83. The van der Waals surface area contributed by atoms with Gasteiger partial charge < -0.3 is 10.2 Å². The molecule has 1 aliphatic rings. The molecule has 2 N–H and O–H groups in total. The maximum atomic E-state index is 11.7. The Balaban J connectivity index is 3.25. The van der Waals surface area contributed by atoms with E-state index >= 15 is 0 Å². The summed E-state index contributed by atoms with van der Waals surface area (Å²) >= 11 is 0. The normalized spacial score (nSPS) is 31.2. The highest BCUT2D eigenvalue weighted by Crippen LogP contribution is 2.49. The van der Waals surface area contributed by atoms with Crippen molar-refractivity contribution in [1.29, 1.82) is 0 Å². The fourth-order valence-electron chi connectivity index (χ4n) is 1.95. The molecule has 15 heavy (non-hydrogen) atoms. The molecule has 0 aromatic heterocycles. The first kappa shape index (κ1) is 12.6. The summed E-state index contributed by atoms with van der Waals surface area (Å²) in [4.78, 5) is 11.7. The van der Waals surface area contributed by atoms with Gasteiger partial charge in [-0.2, -0.15) is 0 Å². The Morgan fingerprint density at radius 2 is 2.13 bits per heavy atom. The van der Waals surface area contributed by atoms with Crippen LogP contribution in [-0.4, -0.2) is 49.7 Å². The molecule has 2 atom stereocenters. The first-order valence-corrected chi connectivity index (χ1v) is 5.66. The molecule has 1 aliphatic carbocycles. The van der Waals surface area contributed by atoms with Gasteiger partial charge in [-0.3, -0.25) is 4.79 Å². The van der Waals surface area contributed by atoms with Crippen molar-refractivity contribution in [2.24, 2.45) is 5.41 Å². The molecule has 0 amide bonds. The minimum Gasteiger partial charge on any atom is -0.395 e. The zero-order chi connectivity index (χ0) is 11.6. The number of hydrogen-bond acceptors (Lipinski definition) is 3. The molecule has 2 unspecified atom stereocenters. The number of aliphatic hydroxyl groups excluding tert-OH is 2. The maximum absolute atomic E-state index is 11.7. The van der Waals surface area contributed by atoms with Gasteiger partial charge in [0, 0.05) is 21.2 Å². The van der Waals surface area contributed by atoms with Crippen molar-refractivity contribution in [1.82, 2.24) is 0 Å². The van der Waals surface area contributed by atoms with Gasteiger partial charge in [0.2, 0.25) is 0 Å². The van der Waals surface area contributed by atoms with Crippen molar-refractivity contribution < 1.29 is 15.0 Å². The third-order valence-electron chi connectivity index (χ3n) is 2.91. The Hall–Kier alpha value is -0.496. The lowest BCUT2D eigenvalue weighted by molar-refractivity contribution is -0.115. The topological polar surface area (TPSA) is 57.5 Å². The van der Waals surface area contributed by atoms with E-state index < -0.39 is 11.0 Å². The van der Waals surface area contributed by atoms with E-state index in [4.69, 9.17) is 0 Å². The van der Waals surface area contributed by atoms with E-state index in [-0.39, 0.29) is 19.0 Å². The molecule has 0 heterocycles. The summed E-state index contributed by atoms with van der Waals surface area (Å²) in [5.41, 5.74) is -0.747. The van der Waals surface area contributed by atoms with Crippen LogP contribution in [0.3, 0.4) is 0 Å². The van der Waals surface area contributed by atoms with E-state index in [1.807, 2.05) is 0 Å². The maximum Gasteiger partial charge on any atom is 0.154 e. The first-order valence-electron chi connectivity index (χ1n) is 4.58. The van der Waals surface area contributed by atoms with Crippen LogP contribution in [0, 0.1) is 5.41 Å². The predicted molar refractivity (Wildman–Crippen MR) is 58.7 cm³/mol. The Morgan fingerprint density at radius 1 is 1.53 bits per heavy atom.